The minimum atomic E-state index is 0.0916. The third kappa shape index (κ3) is 3.29. The summed E-state index contributed by atoms with van der Waals surface area (Å²) >= 11 is 0. The van der Waals surface area contributed by atoms with Crippen LogP contribution in [-0.4, -0.2) is 30.8 Å². The molecule has 5 nitrogen and oxygen atoms in total. The fourth-order valence-electron chi connectivity index (χ4n) is 2.87. The van der Waals surface area contributed by atoms with Gasteiger partial charge >= 0.3 is 0 Å². The van der Waals surface area contributed by atoms with E-state index in [9.17, 15) is 0 Å². The van der Waals surface area contributed by atoms with E-state index in [1.165, 1.54) is 6.42 Å². The summed E-state index contributed by atoms with van der Waals surface area (Å²) in [4.78, 5) is 4.54. The van der Waals surface area contributed by atoms with Gasteiger partial charge in [-0.25, -0.2) is 0 Å². The van der Waals surface area contributed by atoms with Gasteiger partial charge in [0.05, 0.1) is 19.3 Å². The highest BCUT2D eigenvalue weighted by Crippen LogP contribution is 2.26. The van der Waals surface area contributed by atoms with Gasteiger partial charge in [-0.3, -0.25) is 16.3 Å². The number of aryl methyl sites for hydroxylation is 1. The number of pyridine rings is 1. The van der Waals surface area contributed by atoms with Crippen molar-refractivity contribution in [2.75, 3.05) is 13.7 Å². The van der Waals surface area contributed by atoms with Crippen LogP contribution in [-0.2, 0) is 11.2 Å². The minimum absolute atomic E-state index is 0.0916. The summed E-state index contributed by atoms with van der Waals surface area (Å²) in [7, 11) is 1.70. The van der Waals surface area contributed by atoms with Crippen molar-refractivity contribution in [3.63, 3.8) is 0 Å². The number of hydrogen-bond acceptors (Lipinski definition) is 5. The molecular formula is C15H25N3O2. The molecule has 1 aliphatic heterocycles. The molecule has 2 atom stereocenters. The van der Waals surface area contributed by atoms with Crippen LogP contribution in [0, 0.1) is 13.8 Å². The number of hydrazine groups is 1. The van der Waals surface area contributed by atoms with E-state index >= 15 is 0 Å². The van der Waals surface area contributed by atoms with E-state index in [2.05, 4.69) is 10.4 Å². The first-order valence-electron chi connectivity index (χ1n) is 7.24. The van der Waals surface area contributed by atoms with Gasteiger partial charge in [-0.15, -0.1) is 0 Å². The molecule has 1 aliphatic rings. The summed E-state index contributed by atoms with van der Waals surface area (Å²) in [5.41, 5.74) is 6.05. The number of ether oxygens (including phenoxy) is 2. The van der Waals surface area contributed by atoms with Crippen LogP contribution in [0.2, 0.25) is 0 Å². The molecule has 0 aromatic carbocycles. The Morgan fingerprint density at radius 2 is 2.30 bits per heavy atom. The van der Waals surface area contributed by atoms with Crippen LogP contribution in [0.4, 0.5) is 0 Å². The topological polar surface area (TPSA) is 69.4 Å². The first kappa shape index (κ1) is 15.2. The molecule has 112 valence electrons. The number of nitrogens with two attached hydrogens (primary N) is 1. The van der Waals surface area contributed by atoms with E-state index in [0.717, 1.165) is 48.4 Å². The normalized spacial score (nSPS) is 20.7. The van der Waals surface area contributed by atoms with E-state index in [-0.39, 0.29) is 12.1 Å². The molecule has 1 aromatic heterocycles. The average molecular weight is 279 g/mol. The lowest BCUT2D eigenvalue weighted by Crippen LogP contribution is -2.48. The smallest absolute Gasteiger partial charge is 0.128 e. The van der Waals surface area contributed by atoms with Crippen LogP contribution in [0.25, 0.3) is 0 Å². The van der Waals surface area contributed by atoms with Gasteiger partial charge in [-0.1, -0.05) is 0 Å². The standard InChI is InChI=1S/C15H25N3O2/c1-10-9-17-12(11(2)15(10)19-3)8-13(18-16)14-6-4-5-7-20-14/h9,13-14,18H,4-8,16H2,1-3H3. The van der Waals surface area contributed by atoms with E-state index in [1.54, 1.807) is 7.11 Å². The van der Waals surface area contributed by atoms with Gasteiger partial charge in [0.25, 0.3) is 0 Å². The molecular weight excluding hydrogens is 254 g/mol. The molecule has 3 N–H and O–H groups in total. The second kappa shape index (κ2) is 7.02. The number of rotatable bonds is 5. The van der Waals surface area contributed by atoms with Crippen molar-refractivity contribution in [3.8, 4) is 5.75 Å². The summed E-state index contributed by atoms with van der Waals surface area (Å²) in [6.07, 6.45) is 6.18. The van der Waals surface area contributed by atoms with Crippen molar-refractivity contribution in [3.05, 3.63) is 23.0 Å². The molecule has 2 rings (SSSR count). The van der Waals surface area contributed by atoms with Gasteiger partial charge in [-0.05, 0) is 33.1 Å². The number of methoxy groups -OCH3 is 1. The number of nitrogens with one attached hydrogen (secondary N) is 1. The van der Waals surface area contributed by atoms with Gasteiger partial charge in [0.1, 0.15) is 5.75 Å². The lowest BCUT2D eigenvalue weighted by molar-refractivity contribution is -0.00766. The predicted octanol–water partition coefficient (Wildman–Crippen LogP) is 1.65. The summed E-state index contributed by atoms with van der Waals surface area (Å²) in [5, 5.41) is 0. The van der Waals surface area contributed by atoms with Crippen molar-refractivity contribution >= 4 is 0 Å². The largest absolute Gasteiger partial charge is 0.496 e. The maximum Gasteiger partial charge on any atom is 0.128 e. The maximum absolute atomic E-state index is 5.82. The summed E-state index contributed by atoms with van der Waals surface area (Å²) in [6.45, 7) is 4.88. The molecule has 0 bridgehead atoms. The highest BCUT2D eigenvalue weighted by atomic mass is 16.5. The Kier molecular flexibility index (Phi) is 5.34. The molecule has 0 aliphatic carbocycles. The molecule has 0 amide bonds. The lowest BCUT2D eigenvalue weighted by Gasteiger charge is -2.30. The number of nitrogens with zero attached hydrogens (tertiary/aromatic N) is 1. The molecule has 2 unspecified atom stereocenters. The minimum Gasteiger partial charge on any atom is -0.496 e. The third-order valence-electron chi connectivity index (χ3n) is 4.04. The van der Waals surface area contributed by atoms with Crippen LogP contribution >= 0.6 is 0 Å². The molecule has 0 radical (unpaired) electrons. The average Bonchev–Trinajstić information content (AvgIpc) is 2.48. The Morgan fingerprint density at radius 3 is 2.90 bits per heavy atom. The first-order valence-corrected chi connectivity index (χ1v) is 7.24. The molecule has 1 fully saturated rings. The second-order valence-corrected chi connectivity index (χ2v) is 5.43. The van der Waals surface area contributed by atoms with Crippen LogP contribution in [0.5, 0.6) is 5.75 Å². The number of hydrogen-bond donors (Lipinski definition) is 2. The zero-order valence-electron chi connectivity index (χ0n) is 12.6. The molecule has 20 heavy (non-hydrogen) atoms. The molecule has 1 saturated heterocycles. The van der Waals surface area contributed by atoms with Crippen LogP contribution in [0.1, 0.15) is 36.1 Å². The van der Waals surface area contributed by atoms with Gasteiger partial charge in [0.15, 0.2) is 0 Å². The van der Waals surface area contributed by atoms with Crippen LogP contribution < -0.4 is 16.0 Å². The van der Waals surface area contributed by atoms with E-state index in [4.69, 9.17) is 15.3 Å². The Hall–Kier alpha value is -1.17. The Labute approximate surface area is 120 Å². The molecule has 0 spiro atoms. The Bertz CT molecular complexity index is 445. The quantitative estimate of drug-likeness (QED) is 0.633. The fraction of sp³-hybridized carbons (Fsp3) is 0.667. The summed E-state index contributed by atoms with van der Waals surface area (Å²) < 4.78 is 11.3. The monoisotopic (exact) mass is 279 g/mol. The Morgan fingerprint density at radius 1 is 1.50 bits per heavy atom. The zero-order valence-corrected chi connectivity index (χ0v) is 12.6. The van der Waals surface area contributed by atoms with Gasteiger partial charge in [-0.2, -0.15) is 0 Å². The number of aromatic nitrogens is 1. The first-order chi connectivity index (χ1) is 9.67. The van der Waals surface area contributed by atoms with Crippen molar-refractivity contribution < 1.29 is 9.47 Å². The van der Waals surface area contributed by atoms with Crippen molar-refractivity contribution in [2.24, 2.45) is 5.84 Å². The SMILES string of the molecule is COc1c(C)cnc(CC(NN)C2CCCCO2)c1C. The predicted molar refractivity (Wildman–Crippen MR) is 78.7 cm³/mol. The molecule has 2 heterocycles. The van der Waals surface area contributed by atoms with Crippen molar-refractivity contribution in [2.45, 2.75) is 51.7 Å². The van der Waals surface area contributed by atoms with Gasteiger partial charge in [0, 0.05) is 36.0 Å². The lowest BCUT2D eigenvalue weighted by atomic mass is 9.96. The molecule has 5 heteroatoms. The zero-order chi connectivity index (χ0) is 14.5. The maximum atomic E-state index is 5.82. The fourth-order valence-corrected chi connectivity index (χ4v) is 2.87. The molecule has 1 aromatic rings. The van der Waals surface area contributed by atoms with Crippen molar-refractivity contribution in [1.82, 2.24) is 10.4 Å². The Balaban J connectivity index is 2.14. The van der Waals surface area contributed by atoms with E-state index < -0.39 is 0 Å². The highest BCUT2D eigenvalue weighted by molar-refractivity contribution is 5.41. The third-order valence-corrected chi connectivity index (χ3v) is 4.04. The molecule has 0 saturated carbocycles. The highest BCUT2D eigenvalue weighted by Gasteiger charge is 2.25. The van der Waals surface area contributed by atoms with E-state index in [0.29, 0.717) is 0 Å². The van der Waals surface area contributed by atoms with E-state index in [1.807, 2.05) is 20.0 Å². The van der Waals surface area contributed by atoms with Gasteiger partial charge < -0.3 is 9.47 Å². The summed E-state index contributed by atoms with van der Waals surface area (Å²) in [5.74, 6) is 6.63. The van der Waals surface area contributed by atoms with Crippen LogP contribution in [0.3, 0.4) is 0 Å². The second-order valence-electron chi connectivity index (χ2n) is 5.43. The van der Waals surface area contributed by atoms with Crippen molar-refractivity contribution in [1.29, 1.82) is 0 Å². The van der Waals surface area contributed by atoms with Gasteiger partial charge in [0.2, 0.25) is 0 Å². The summed E-state index contributed by atoms with van der Waals surface area (Å²) in [6, 6.07) is 0.0916. The van der Waals surface area contributed by atoms with Crippen LogP contribution in [0.15, 0.2) is 6.20 Å².